The molecule has 4 aromatic rings. The molecular weight excluding hydrogens is 525 g/mol. The molecular formula is C29H29ClFN3O5. The van der Waals surface area contributed by atoms with E-state index in [2.05, 4.69) is 4.98 Å². The number of benzene rings is 1. The van der Waals surface area contributed by atoms with Gasteiger partial charge in [-0.3, -0.25) is 14.4 Å². The molecule has 0 bridgehead atoms. The Morgan fingerprint density at radius 1 is 1.13 bits per heavy atom. The van der Waals surface area contributed by atoms with Gasteiger partial charge >= 0.3 is 0 Å². The second kappa shape index (κ2) is 9.19. The molecule has 39 heavy (non-hydrogen) atoms. The minimum Gasteiger partial charge on any atom is -0.502 e. The molecule has 0 aliphatic carbocycles. The third kappa shape index (κ3) is 4.58. The molecule has 2 aromatic carbocycles. The summed E-state index contributed by atoms with van der Waals surface area (Å²) < 4.78 is 20.4. The Morgan fingerprint density at radius 3 is 2.49 bits per heavy atom. The molecule has 0 unspecified atom stereocenters. The number of halogens is 2. The minimum absolute atomic E-state index is 0.0105. The van der Waals surface area contributed by atoms with E-state index in [9.17, 15) is 23.9 Å². The molecule has 10 heteroatoms. The number of rotatable bonds is 3. The maximum absolute atomic E-state index is 14.2. The van der Waals surface area contributed by atoms with Crippen molar-refractivity contribution in [1.29, 1.82) is 0 Å². The average molecular weight is 554 g/mol. The van der Waals surface area contributed by atoms with E-state index in [1.807, 2.05) is 40.7 Å². The summed E-state index contributed by atoms with van der Waals surface area (Å²) in [7, 11) is 0. The highest BCUT2D eigenvalue weighted by atomic mass is 35.5. The number of hydrogen-bond donors (Lipinski definition) is 1. The topological polar surface area (TPSA) is 104 Å². The van der Waals surface area contributed by atoms with Crippen LogP contribution >= 0.6 is 11.6 Å². The van der Waals surface area contributed by atoms with Crippen molar-refractivity contribution in [1.82, 2.24) is 9.88 Å². The van der Waals surface area contributed by atoms with E-state index < -0.39 is 28.0 Å². The molecule has 3 heterocycles. The van der Waals surface area contributed by atoms with Crippen molar-refractivity contribution in [3.05, 3.63) is 72.9 Å². The maximum atomic E-state index is 14.2. The zero-order valence-electron chi connectivity index (χ0n) is 22.4. The minimum atomic E-state index is -0.884. The van der Waals surface area contributed by atoms with Gasteiger partial charge in [-0.25, -0.2) is 9.37 Å². The highest BCUT2D eigenvalue weighted by Crippen LogP contribution is 2.36. The Balaban J connectivity index is 1.53. The lowest BCUT2D eigenvalue weighted by atomic mass is 9.86. The molecule has 1 N–H and O–H groups in total. The summed E-state index contributed by atoms with van der Waals surface area (Å²) in [6.45, 7) is 10.8. The van der Waals surface area contributed by atoms with Gasteiger partial charge in [0.05, 0.1) is 16.3 Å². The van der Waals surface area contributed by atoms with Gasteiger partial charge in [0.2, 0.25) is 0 Å². The number of nitrogens with zero attached hydrogens (tertiary/aromatic N) is 3. The van der Waals surface area contributed by atoms with Crippen LogP contribution < -0.4 is 15.8 Å². The number of anilines is 1. The first kappa shape index (κ1) is 26.9. The summed E-state index contributed by atoms with van der Waals surface area (Å²) in [4.78, 5) is 45.5. The number of furan rings is 1. The van der Waals surface area contributed by atoms with Gasteiger partial charge in [-0.1, -0.05) is 38.4 Å². The van der Waals surface area contributed by atoms with Crippen LogP contribution in [0.2, 0.25) is 5.02 Å². The van der Waals surface area contributed by atoms with Crippen molar-refractivity contribution >= 4 is 34.3 Å². The van der Waals surface area contributed by atoms with Crippen LogP contribution in [0.15, 0.2) is 44.3 Å². The standard InChI is InChI=1S/C29H29ClFN3O5/c1-28(2,3)16-12-19(15-7-8-17(30)18(31)11-15)32-20-13-21(39-26(16)20)27(38)34-10-6-9-33(14-29(34,4)5)22-23(35)25(37)24(22)36/h7-8,11-13,35H,6,9-10,14H2,1-5H3. The van der Waals surface area contributed by atoms with Crippen LogP contribution in [0.25, 0.3) is 22.4 Å². The van der Waals surface area contributed by atoms with Gasteiger partial charge in [0.1, 0.15) is 17.0 Å². The van der Waals surface area contributed by atoms with Crippen LogP contribution in [0.1, 0.15) is 57.2 Å². The summed E-state index contributed by atoms with van der Waals surface area (Å²) in [6, 6.07) is 7.94. The van der Waals surface area contributed by atoms with Gasteiger partial charge in [0.25, 0.3) is 16.8 Å². The van der Waals surface area contributed by atoms with Gasteiger partial charge in [0, 0.05) is 36.8 Å². The third-order valence-electron chi connectivity index (χ3n) is 7.25. The summed E-state index contributed by atoms with van der Waals surface area (Å²) in [5, 5.41) is 9.98. The fraction of sp³-hybridized carbons (Fsp3) is 0.379. The number of amides is 1. The Bertz CT molecular complexity index is 1690. The van der Waals surface area contributed by atoms with Crippen molar-refractivity contribution in [3.63, 3.8) is 0 Å². The summed E-state index contributed by atoms with van der Waals surface area (Å²) >= 11 is 5.87. The lowest BCUT2D eigenvalue weighted by Gasteiger charge is -2.39. The van der Waals surface area contributed by atoms with E-state index in [0.29, 0.717) is 41.9 Å². The Morgan fingerprint density at radius 2 is 1.85 bits per heavy atom. The van der Waals surface area contributed by atoms with Gasteiger partial charge in [-0.2, -0.15) is 0 Å². The maximum Gasteiger partial charge on any atom is 0.290 e. The van der Waals surface area contributed by atoms with Crippen LogP contribution in [0.5, 0.6) is 5.75 Å². The van der Waals surface area contributed by atoms with E-state index >= 15 is 0 Å². The zero-order chi connectivity index (χ0) is 28.4. The van der Waals surface area contributed by atoms with E-state index in [1.54, 1.807) is 21.9 Å². The first-order valence-electron chi connectivity index (χ1n) is 12.7. The van der Waals surface area contributed by atoms with Crippen molar-refractivity contribution in [2.45, 2.75) is 52.0 Å². The van der Waals surface area contributed by atoms with Gasteiger partial charge < -0.3 is 19.3 Å². The molecule has 1 saturated heterocycles. The summed E-state index contributed by atoms with van der Waals surface area (Å²) in [5.41, 5.74) is 0.128. The smallest absolute Gasteiger partial charge is 0.290 e. The van der Waals surface area contributed by atoms with Crippen molar-refractivity contribution in [2.24, 2.45) is 0 Å². The van der Waals surface area contributed by atoms with E-state index in [-0.39, 0.29) is 34.3 Å². The largest absolute Gasteiger partial charge is 0.502 e. The molecule has 0 atom stereocenters. The number of aromatic hydroxyl groups is 1. The summed E-state index contributed by atoms with van der Waals surface area (Å²) in [5.74, 6) is -1.30. The van der Waals surface area contributed by atoms with Crippen molar-refractivity contribution in [3.8, 4) is 17.0 Å². The summed E-state index contributed by atoms with van der Waals surface area (Å²) in [6.07, 6.45) is 0.519. The molecule has 5 rings (SSSR count). The number of aromatic nitrogens is 1. The average Bonchev–Trinajstić information content (AvgIpc) is 3.23. The molecule has 0 saturated carbocycles. The number of fused-ring (bicyclic) bond motifs is 1. The molecule has 204 valence electrons. The molecule has 2 aromatic heterocycles. The normalized spacial score (nSPS) is 16.2. The second-order valence-electron chi connectivity index (χ2n) is 11.7. The predicted molar refractivity (Wildman–Crippen MR) is 148 cm³/mol. The number of pyridine rings is 1. The highest BCUT2D eigenvalue weighted by molar-refractivity contribution is 6.30. The Labute approximate surface area is 229 Å². The lowest BCUT2D eigenvalue weighted by Crippen LogP contribution is -2.53. The van der Waals surface area contributed by atoms with Crippen LogP contribution in [0.4, 0.5) is 10.1 Å². The molecule has 1 aliphatic rings. The number of carbonyl (C=O) groups is 1. The molecule has 1 aliphatic heterocycles. The first-order chi connectivity index (χ1) is 18.2. The molecule has 1 fully saturated rings. The molecule has 0 spiro atoms. The number of carbonyl (C=O) groups excluding carboxylic acids is 1. The Kier molecular flexibility index (Phi) is 6.33. The van der Waals surface area contributed by atoms with Gasteiger partial charge in [-0.15, -0.1) is 0 Å². The molecule has 1 amide bonds. The third-order valence-corrected chi connectivity index (χ3v) is 7.56. The van der Waals surface area contributed by atoms with Crippen LogP contribution in [-0.4, -0.2) is 46.1 Å². The van der Waals surface area contributed by atoms with Crippen LogP contribution in [0.3, 0.4) is 0 Å². The van der Waals surface area contributed by atoms with Crippen molar-refractivity contribution < 1.29 is 18.7 Å². The highest BCUT2D eigenvalue weighted by Gasteiger charge is 2.39. The molecule has 0 radical (unpaired) electrons. The second-order valence-corrected chi connectivity index (χ2v) is 12.1. The fourth-order valence-electron chi connectivity index (χ4n) is 5.20. The van der Waals surface area contributed by atoms with E-state index in [4.69, 9.17) is 16.0 Å². The Hall–Kier alpha value is -3.72. The molecule has 8 nitrogen and oxygen atoms in total. The van der Waals surface area contributed by atoms with Crippen LogP contribution in [0, 0.1) is 5.82 Å². The monoisotopic (exact) mass is 553 g/mol. The van der Waals surface area contributed by atoms with Gasteiger partial charge in [-0.05, 0) is 43.9 Å². The zero-order valence-corrected chi connectivity index (χ0v) is 23.1. The first-order valence-corrected chi connectivity index (χ1v) is 13.1. The van der Waals surface area contributed by atoms with Crippen molar-refractivity contribution in [2.75, 3.05) is 24.5 Å². The predicted octanol–water partition coefficient (Wildman–Crippen LogP) is 5.02. The SMILES string of the molecule is CC(C)(C)c1cc(-c2ccc(Cl)c(F)c2)nc2cc(C(=O)N3CCCN(c4c(O)c(=O)c4=O)CC3(C)C)oc12. The van der Waals surface area contributed by atoms with E-state index in [1.165, 1.54) is 12.1 Å². The van der Waals surface area contributed by atoms with E-state index in [0.717, 1.165) is 5.56 Å². The van der Waals surface area contributed by atoms with Gasteiger partial charge in [0.15, 0.2) is 17.1 Å². The quantitative estimate of drug-likeness (QED) is 0.355. The van der Waals surface area contributed by atoms with Crippen LogP contribution in [-0.2, 0) is 5.41 Å². The number of hydrogen-bond acceptors (Lipinski definition) is 7. The fourth-order valence-corrected chi connectivity index (χ4v) is 5.32. The lowest BCUT2D eigenvalue weighted by molar-refractivity contribution is 0.0553.